The number of carbonyl (C=O) groups is 2. The van der Waals surface area contributed by atoms with Crippen LogP contribution in [0.3, 0.4) is 0 Å². The van der Waals surface area contributed by atoms with E-state index in [1.54, 1.807) is 41.2 Å². The lowest BCUT2D eigenvalue weighted by Gasteiger charge is -2.34. The van der Waals surface area contributed by atoms with Crippen molar-refractivity contribution in [1.29, 1.82) is 0 Å². The highest BCUT2D eigenvalue weighted by Crippen LogP contribution is 2.30. The third-order valence-electron chi connectivity index (χ3n) is 6.00. The van der Waals surface area contributed by atoms with Gasteiger partial charge in [0, 0.05) is 37.6 Å². The van der Waals surface area contributed by atoms with Gasteiger partial charge in [0.25, 0.3) is 0 Å². The monoisotopic (exact) mass is 472 g/mol. The molecule has 4 rings (SSSR count). The Kier molecular flexibility index (Phi) is 6.46. The predicted molar refractivity (Wildman–Crippen MR) is 126 cm³/mol. The van der Waals surface area contributed by atoms with Gasteiger partial charge in [0.15, 0.2) is 9.84 Å². The van der Waals surface area contributed by atoms with Crippen molar-refractivity contribution in [2.75, 3.05) is 43.2 Å². The number of urea groups is 2. The van der Waals surface area contributed by atoms with Crippen LogP contribution in [-0.4, -0.2) is 64.4 Å². The van der Waals surface area contributed by atoms with E-state index < -0.39 is 9.84 Å². The third-order valence-corrected chi connectivity index (χ3v) is 7.11. The number of hydrogen-bond acceptors (Lipinski definition) is 5. The average Bonchev–Trinajstić information content (AvgIpc) is 3.22. The highest BCUT2D eigenvalue weighted by Gasteiger charge is 2.30. The number of methoxy groups -OCH3 is 1. The van der Waals surface area contributed by atoms with Crippen LogP contribution in [0.4, 0.5) is 21.0 Å². The molecule has 1 unspecified atom stereocenters. The Morgan fingerprint density at radius 3 is 2.64 bits per heavy atom. The molecular weight excluding hydrogens is 444 g/mol. The molecule has 2 aromatic rings. The number of hydrogen-bond donors (Lipinski definition) is 2. The van der Waals surface area contributed by atoms with Gasteiger partial charge in [-0.1, -0.05) is 12.1 Å². The Morgan fingerprint density at radius 2 is 1.88 bits per heavy atom. The molecule has 0 aliphatic carbocycles. The van der Waals surface area contributed by atoms with Gasteiger partial charge in [-0.2, -0.15) is 0 Å². The minimum Gasteiger partial charge on any atom is -0.495 e. The number of benzene rings is 2. The summed E-state index contributed by atoms with van der Waals surface area (Å²) in [7, 11) is -1.75. The van der Waals surface area contributed by atoms with Gasteiger partial charge in [0.1, 0.15) is 5.75 Å². The van der Waals surface area contributed by atoms with Gasteiger partial charge in [-0.05, 0) is 55.2 Å². The number of para-hydroxylation sites is 2. The second-order valence-corrected chi connectivity index (χ2v) is 10.3. The molecule has 4 amide bonds. The molecule has 0 radical (unpaired) electrons. The molecule has 33 heavy (non-hydrogen) atoms. The van der Waals surface area contributed by atoms with Crippen LogP contribution in [0.1, 0.15) is 18.4 Å². The van der Waals surface area contributed by atoms with E-state index in [9.17, 15) is 18.0 Å². The van der Waals surface area contributed by atoms with E-state index in [1.807, 2.05) is 12.1 Å². The Balaban J connectivity index is 1.38. The van der Waals surface area contributed by atoms with Crippen LogP contribution in [0.2, 0.25) is 0 Å². The number of nitrogens with one attached hydrogen (secondary N) is 2. The Bertz CT molecular complexity index is 1170. The number of amides is 4. The second kappa shape index (κ2) is 9.30. The summed E-state index contributed by atoms with van der Waals surface area (Å²) in [5.74, 6) is 0.583. The summed E-state index contributed by atoms with van der Waals surface area (Å²) in [5, 5.41) is 5.92. The fraction of sp³-hybridized carbons (Fsp3) is 0.391. The van der Waals surface area contributed by atoms with E-state index in [0.29, 0.717) is 37.5 Å². The number of likely N-dealkylation sites (tertiary alicyclic amines) is 1. The summed E-state index contributed by atoms with van der Waals surface area (Å²) >= 11 is 0. The Morgan fingerprint density at radius 1 is 1.09 bits per heavy atom. The number of fused-ring (bicyclic) bond motifs is 1. The molecule has 0 bridgehead atoms. The molecule has 2 N–H and O–H groups in total. The maximum absolute atomic E-state index is 13.0. The summed E-state index contributed by atoms with van der Waals surface area (Å²) in [5.41, 5.74) is 2.16. The molecule has 1 fully saturated rings. The van der Waals surface area contributed by atoms with Crippen LogP contribution in [-0.2, 0) is 16.3 Å². The molecule has 10 heteroatoms. The minimum absolute atomic E-state index is 0.172. The molecule has 2 heterocycles. The average molecular weight is 473 g/mol. The molecular formula is C23H28N4O5S. The smallest absolute Gasteiger partial charge is 0.322 e. The molecule has 1 atom stereocenters. The zero-order valence-corrected chi connectivity index (χ0v) is 19.5. The van der Waals surface area contributed by atoms with Crippen molar-refractivity contribution in [3.05, 3.63) is 48.0 Å². The van der Waals surface area contributed by atoms with Crippen molar-refractivity contribution in [1.82, 2.24) is 10.2 Å². The number of nitrogens with zero attached hydrogens (tertiary/aromatic N) is 2. The van der Waals surface area contributed by atoms with Crippen molar-refractivity contribution in [2.45, 2.75) is 30.2 Å². The Labute approximate surface area is 193 Å². The summed E-state index contributed by atoms with van der Waals surface area (Å²) in [4.78, 5) is 29.3. The number of carbonyl (C=O) groups excluding carboxylic acids is 2. The number of rotatable bonds is 4. The highest BCUT2D eigenvalue weighted by atomic mass is 32.2. The fourth-order valence-corrected chi connectivity index (χ4v) is 4.97. The summed E-state index contributed by atoms with van der Waals surface area (Å²) in [6.07, 6.45) is 3.33. The van der Waals surface area contributed by atoms with Crippen molar-refractivity contribution >= 4 is 33.3 Å². The highest BCUT2D eigenvalue weighted by molar-refractivity contribution is 7.90. The molecule has 0 aromatic heterocycles. The van der Waals surface area contributed by atoms with Crippen LogP contribution in [0.5, 0.6) is 5.75 Å². The number of anilines is 2. The lowest BCUT2D eigenvalue weighted by Crippen LogP contribution is -2.53. The molecule has 0 spiro atoms. The number of sulfone groups is 1. The van der Waals surface area contributed by atoms with Gasteiger partial charge < -0.3 is 20.3 Å². The molecule has 1 saturated heterocycles. The van der Waals surface area contributed by atoms with E-state index >= 15 is 0 Å². The third kappa shape index (κ3) is 5.05. The van der Waals surface area contributed by atoms with Crippen molar-refractivity contribution in [2.24, 2.45) is 0 Å². The maximum Gasteiger partial charge on any atom is 0.322 e. The first kappa shape index (κ1) is 22.9. The van der Waals surface area contributed by atoms with Crippen LogP contribution in [0, 0.1) is 0 Å². The zero-order valence-electron chi connectivity index (χ0n) is 18.7. The van der Waals surface area contributed by atoms with Gasteiger partial charge in [-0.3, -0.25) is 4.90 Å². The molecule has 2 aliphatic heterocycles. The fourth-order valence-electron chi connectivity index (χ4n) is 4.29. The molecule has 9 nitrogen and oxygen atoms in total. The molecule has 2 aliphatic rings. The van der Waals surface area contributed by atoms with Crippen molar-refractivity contribution in [3.8, 4) is 5.75 Å². The first-order valence-electron chi connectivity index (χ1n) is 10.9. The van der Waals surface area contributed by atoms with Crippen LogP contribution >= 0.6 is 0 Å². The lowest BCUT2D eigenvalue weighted by molar-refractivity contribution is 0.184. The SMILES string of the molecule is COc1ccccc1NC(=O)N1CCCC(NC(=O)N2CCc3cc(S(C)(=O)=O)ccc32)C1. The quantitative estimate of drug-likeness (QED) is 0.711. The largest absolute Gasteiger partial charge is 0.495 e. The van der Waals surface area contributed by atoms with Crippen LogP contribution < -0.4 is 20.3 Å². The van der Waals surface area contributed by atoms with Crippen LogP contribution in [0.25, 0.3) is 0 Å². The topological polar surface area (TPSA) is 108 Å². The summed E-state index contributed by atoms with van der Waals surface area (Å²) < 4.78 is 28.9. The van der Waals surface area contributed by atoms with E-state index in [0.717, 1.165) is 24.1 Å². The van der Waals surface area contributed by atoms with E-state index in [-0.39, 0.29) is 23.0 Å². The normalized spacial score (nSPS) is 17.9. The van der Waals surface area contributed by atoms with Gasteiger partial charge in [-0.25, -0.2) is 18.0 Å². The van der Waals surface area contributed by atoms with Gasteiger partial charge in [0.2, 0.25) is 0 Å². The minimum atomic E-state index is -3.30. The second-order valence-electron chi connectivity index (χ2n) is 8.33. The summed E-state index contributed by atoms with van der Waals surface area (Å²) in [6.45, 7) is 1.49. The zero-order chi connectivity index (χ0) is 23.6. The van der Waals surface area contributed by atoms with E-state index in [2.05, 4.69) is 10.6 Å². The maximum atomic E-state index is 13.0. The van der Waals surface area contributed by atoms with Crippen molar-refractivity contribution in [3.63, 3.8) is 0 Å². The lowest BCUT2D eigenvalue weighted by atomic mass is 10.1. The number of piperidine rings is 1. The first-order valence-corrected chi connectivity index (χ1v) is 12.8. The molecule has 176 valence electrons. The van der Waals surface area contributed by atoms with E-state index in [1.165, 1.54) is 12.3 Å². The van der Waals surface area contributed by atoms with E-state index in [4.69, 9.17) is 4.74 Å². The van der Waals surface area contributed by atoms with Gasteiger partial charge >= 0.3 is 12.1 Å². The Hall–Kier alpha value is -3.27. The van der Waals surface area contributed by atoms with Crippen molar-refractivity contribution < 1.29 is 22.7 Å². The van der Waals surface area contributed by atoms with Gasteiger partial charge in [-0.15, -0.1) is 0 Å². The summed E-state index contributed by atoms with van der Waals surface area (Å²) in [6, 6.07) is 11.4. The van der Waals surface area contributed by atoms with Crippen LogP contribution in [0.15, 0.2) is 47.4 Å². The van der Waals surface area contributed by atoms with Gasteiger partial charge in [0.05, 0.1) is 17.7 Å². The number of ether oxygens (including phenoxy) is 1. The standard InChI is InChI=1S/C23H28N4O5S/c1-32-21-8-4-3-7-19(21)25-22(28)26-12-5-6-17(15-26)24-23(29)27-13-11-16-14-18(33(2,30)31)9-10-20(16)27/h3-4,7-10,14,17H,5-6,11-13,15H2,1-2H3,(H,24,29)(H,25,28). The predicted octanol–water partition coefficient (Wildman–Crippen LogP) is 2.87. The molecule has 2 aromatic carbocycles. The first-order chi connectivity index (χ1) is 15.8. The molecule has 0 saturated carbocycles.